The summed E-state index contributed by atoms with van der Waals surface area (Å²) in [5.74, 6) is -0.0218. The van der Waals surface area contributed by atoms with Gasteiger partial charge in [-0.3, -0.25) is 9.78 Å². The molecule has 0 unspecified atom stereocenters. The summed E-state index contributed by atoms with van der Waals surface area (Å²) in [6, 6.07) is 0.130. The topological polar surface area (TPSA) is 76.5 Å². The van der Waals surface area contributed by atoms with Gasteiger partial charge < -0.3 is 10.6 Å². The average molecular weight is 261 g/mol. The molecule has 0 saturated carbocycles. The molecule has 2 aromatic rings. The van der Waals surface area contributed by atoms with E-state index in [1.54, 1.807) is 29.3 Å². The van der Waals surface area contributed by atoms with Gasteiger partial charge in [0.25, 0.3) is 5.91 Å². The largest absolute Gasteiger partial charge is 0.336 e. The van der Waals surface area contributed by atoms with Crippen LogP contribution in [-0.2, 0) is 0 Å². The Labute approximate surface area is 112 Å². The molecule has 6 nitrogen and oxygen atoms in total. The lowest BCUT2D eigenvalue weighted by molar-refractivity contribution is 0.0707. The molecular formula is C13H19N5O. The third-order valence-electron chi connectivity index (χ3n) is 3.04. The Balaban J connectivity index is 2.30. The lowest BCUT2D eigenvalue weighted by Gasteiger charge is -2.26. The van der Waals surface area contributed by atoms with Crippen LogP contribution in [0.15, 0.2) is 24.8 Å². The van der Waals surface area contributed by atoms with E-state index in [0.29, 0.717) is 18.7 Å². The maximum atomic E-state index is 12.6. The second-order valence-corrected chi connectivity index (χ2v) is 4.70. The quantitative estimate of drug-likeness (QED) is 0.868. The van der Waals surface area contributed by atoms with Crippen molar-refractivity contribution < 1.29 is 4.79 Å². The first-order valence-corrected chi connectivity index (χ1v) is 6.43. The highest BCUT2D eigenvalue weighted by atomic mass is 16.2. The van der Waals surface area contributed by atoms with Gasteiger partial charge in [0.2, 0.25) is 0 Å². The van der Waals surface area contributed by atoms with Gasteiger partial charge in [0.15, 0.2) is 0 Å². The van der Waals surface area contributed by atoms with E-state index in [9.17, 15) is 4.79 Å². The normalized spacial score (nSPS) is 11.2. The zero-order valence-corrected chi connectivity index (χ0v) is 11.3. The van der Waals surface area contributed by atoms with Crippen LogP contribution in [0.1, 0.15) is 30.6 Å². The predicted molar refractivity (Wildman–Crippen MR) is 72.8 cm³/mol. The SMILES string of the molecule is CC(C)N(CCCN)C(=O)c1cnn2ccncc12. The van der Waals surface area contributed by atoms with Crippen molar-refractivity contribution in [2.24, 2.45) is 5.73 Å². The lowest BCUT2D eigenvalue weighted by Crippen LogP contribution is -2.38. The summed E-state index contributed by atoms with van der Waals surface area (Å²) in [5.41, 5.74) is 6.83. The van der Waals surface area contributed by atoms with E-state index in [1.165, 1.54) is 0 Å². The summed E-state index contributed by atoms with van der Waals surface area (Å²) in [7, 11) is 0. The van der Waals surface area contributed by atoms with Gasteiger partial charge in [0.1, 0.15) is 0 Å². The zero-order valence-electron chi connectivity index (χ0n) is 11.3. The van der Waals surface area contributed by atoms with Gasteiger partial charge in [-0.1, -0.05) is 0 Å². The van der Waals surface area contributed by atoms with Crippen molar-refractivity contribution in [2.75, 3.05) is 13.1 Å². The van der Waals surface area contributed by atoms with Crippen LogP contribution in [0.5, 0.6) is 0 Å². The Morgan fingerprint density at radius 2 is 2.26 bits per heavy atom. The minimum atomic E-state index is -0.0218. The van der Waals surface area contributed by atoms with Crippen LogP contribution in [0.25, 0.3) is 5.52 Å². The maximum Gasteiger partial charge on any atom is 0.257 e. The summed E-state index contributed by atoms with van der Waals surface area (Å²) >= 11 is 0. The molecule has 0 radical (unpaired) electrons. The third-order valence-corrected chi connectivity index (χ3v) is 3.04. The van der Waals surface area contributed by atoms with Crippen molar-refractivity contribution in [1.29, 1.82) is 0 Å². The van der Waals surface area contributed by atoms with E-state index in [2.05, 4.69) is 10.1 Å². The van der Waals surface area contributed by atoms with Crippen molar-refractivity contribution >= 4 is 11.4 Å². The van der Waals surface area contributed by atoms with Crippen LogP contribution in [-0.4, -0.2) is 44.5 Å². The van der Waals surface area contributed by atoms with Crippen molar-refractivity contribution in [3.8, 4) is 0 Å². The van der Waals surface area contributed by atoms with Crippen molar-refractivity contribution in [3.63, 3.8) is 0 Å². The highest BCUT2D eigenvalue weighted by molar-refractivity contribution is 6.00. The Morgan fingerprint density at radius 3 is 2.95 bits per heavy atom. The Kier molecular flexibility index (Phi) is 4.11. The highest BCUT2D eigenvalue weighted by Crippen LogP contribution is 2.14. The summed E-state index contributed by atoms with van der Waals surface area (Å²) in [6.07, 6.45) is 7.41. The molecule has 0 fully saturated rings. The molecule has 0 bridgehead atoms. The molecule has 19 heavy (non-hydrogen) atoms. The van der Waals surface area contributed by atoms with Crippen LogP contribution in [0.3, 0.4) is 0 Å². The minimum absolute atomic E-state index is 0.0218. The number of hydrogen-bond donors (Lipinski definition) is 1. The molecular weight excluding hydrogens is 242 g/mol. The molecule has 0 aliphatic heterocycles. The number of aromatic nitrogens is 3. The van der Waals surface area contributed by atoms with Crippen LogP contribution in [0.2, 0.25) is 0 Å². The predicted octanol–water partition coefficient (Wildman–Crippen LogP) is 0.929. The third kappa shape index (κ3) is 2.73. The van der Waals surface area contributed by atoms with Crippen molar-refractivity contribution in [2.45, 2.75) is 26.3 Å². The van der Waals surface area contributed by atoms with E-state index in [4.69, 9.17) is 5.73 Å². The average Bonchev–Trinajstić information content (AvgIpc) is 2.82. The van der Waals surface area contributed by atoms with Crippen molar-refractivity contribution in [3.05, 3.63) is 30.4 Å². The number of nitrogens with two attached hydrogens (primary N) is 1. The Morgan fingerprint density at radius 1 is 1.47 bits per heavy atom. The molecule has 1 amide bonds. The number of nitrogens with zero attached hydrogens (tertiary/aromatic N) is 4. The summed E-state index contributed by atoms with van der Waals surface area (Å²) in [5, 5.41) is 4.17. The van der Waals surface area contributed by atoms with Gasteiger partial charge in [-0.25, -0.2) is 4.52 Å². The first-order valence-electron chi connectivity index (χ1n) is 6.43. The highest BCUT2D eigenvalue weighted by Gasteiger charge is 2.21. The number of fused-ring (bicyclic) bond motifs is 1. The molecule has 0 spiro atoms. The Hall–Kier alpha value is -1.95. The summed E-state index contributed by atoms with van der Waals surface area (Å²) in [4.78, 5) is 18.4. The molecule has 0 aliphatic carbocycles. The smallest absolute Gasteiger partial charge is 0.257 e. The van der Waals surface area contributed by atoms with Crippen LogP contribution in [0.4, 0.5) is 0 Å². The molecule has 0 atom stereocenters. The molecule has 0 saturated heterocycles. The van der Waals surface area contributed by atoms with Gasteiger partial charge in [0, 0.05) is 25.0 Å². The van der Waals surface area contributed by atoms with Gasteiger partial charge in [-0.2, -0.15) is 5.10 Å². The molecule has 0 aromatic carbocycles. The second kappa shape index (κ2) is 5.79. The lowest BCUT2D eigenvalue weighted by atomic mass is 10.2. The number of carbonyl (C=O) groups is 1. The minimum Gasteiger partial charge on any atom is -0.336 e. The molecule has 2 N–H and O–H groups in total. The molecule has 102 valence electrons. The van der Waals surface area contributed by atoms with Gasteiger partial charge in [0.05, 0.1) is 23.5 Å². The fourth-order valence-corrected chi connectivity index (χ4v) is 2.01. The molecule has 6 heteroatoms. The second-order valence-electron chi connectivity index (χ2n) is 4.70. The van der Waals surface area contributed by atoms with E-state index >= 15 is 0 Å². The van der Waals surface area contributed by atoms with E-state index in [1.807, 2.05) is 18.7 Å². The van der Waals surface area contributed by atoms with Gasteiger partial charge in [-0.05, 0) is 26.8 Å². The van der Waals surface area contributed by atoms with Gasteiger partial charge >= 0.3 is 0 Å². The van der Waals surface area contributed by atoms with Crippen LogP contribution >= 0.6 is 0 Å². The monoisotopic (exact) mass is 261 g/mol. The Bertz CT molecular complexity index is 563. The molecule has 0 aliphatic rings. The zero-order chi connectivity index (χ0) is 13.8. The van der Waals surface area contributed by atoms with Crippen LogP contribution < -0.4 is 5.73 Å². The van der Waals surface area contributed by atoms with Crippen molar-refractivity contribution in [1.82, 2.24) is 19.5 Å². The fraction of sp³-hybridized carbons (Fsp3) is 0.462. The van der Waals surface area contributed by atoms with E-state index in [0.717, 1.165) is 11.9 Å². The number of carbonyl (C=O) groups excluding carboxylic acids is 1. The maximum absolute atomic E-state index is 12.6. The molecule has 2 rings (SSSR count). The number of rotatable bonds is 5. The molecule has 2 aromatic heterocycles. The molecule has 2 heterocycles. The van der Waals surface area contributed by atoms with Crippen LogP contribution in [0, 0.1) is 0 Å². The first kappa shape index (κ1) is 13.5. The van der Waals surface area contributed by atoms with Gasteiger partial charge in [-0.15, -0.1) is 0 Å². The number of hydrogen-bond acceptors (Lipinski definition) is 4. The standard InChI is InChI=1S/C13H19N5O/c1-10(2)17(6-3-4-14)13(19)11-8-16-18-7-5-15-9-12(11)18/h5,7-10H,3-4,6,14H2,1-2H3. The van der Waals surface area contributed by atoms with E-state index < -0.39 is 0 Å². The first-order chi connectivity index (χ1) is 9.15. The summed E-state index contributed by atoms with van der Waals surface area (Å²) in [6.45, 7) is 5.23. The number of amides is 1. The fourth-order valence-electron chi connectivity index (χ4n) is 2.01. The summed E-state index contributed by atoms with van der Waals surface area (Å²) < 4.78 is 1.65. The van der Waals surface area contributed by atoms with E-state index in [-0.39, 0.29) is 11.9 Å².